The Morgan fingerprint density at radius 3 is 2.13 bits per heavy atom. The number of rotatable bonds is 4. The van der Waals surface area contributed by atoms with E-state index in [4.69, 9.17) is 5.11 Å². The Hall–Kier alpha value is 0.350. The second-order valence-electron chi connectivity index (χ2n) is 2.66. The molecule has 1 rings (SSSR count). The molecule has 1 heterocycles. The zero-order chi connectivity index (χ0) is 9.84. The molecule has 0 unspecified atom stereocenters. The Labute approximate surface area is 134 Å². The Morgan fingerprint density at radius 1 is 1.27 bits per heavy atom. The minimum absolute atomic E-state index is 0. The van der Waals surface area contributed by atoms with E-state index in [1.54, 1.807) is 0 Å². The predicted molar refractivity (Wildman–Crippen MR) is 45.0 cm³/mol. The van der Waals surface area contributed by atoms with Gasteiger partial charge in [0.25, 0.3) is 11.8 Å². The van der Waals surface area contributed by atoms with Crippen LogP contribution >= 0.6 is 0 Å². The maximum Gasteiger partial charge on any atom is 1.00 e. The first kappa shape index (κ1) is 17.7. The number of hydrogen-bond donors (Lipinski definition) is 1. The van der Waals surface area contributed by atoms with Crippen LogP contribution in [0.3, 0.4) is 0 Å². The summed E-state index contributed by atoms with van der Waals surface area (Å²) in [4.78, 5) is 33.0. The predicted octanol–water partition coefficient (Wildman–Crippen LogP) is -5.99. The summed E-state index contributed by atoms with van der Waals surface area (Å²) in [6.45, 7) is 0.178. The number of aliphatic carboxylic acids is 1. The van der Waals surface area contributed by atoms with Gasteiger partial charge < -0.3 is 7.96 Å². The number of imide groups is 1. The molecule has 0 radical (unpaired) electrons. The molecule has 0 fully saturated rings. The number of amides is 2. The molecule has 0 aromatic rings. The molecule has 1 N–H and O–H groups in total. The van der Waals surface area contributed by atoms with Gasteiger partial charge in [-0.3, -0.25) is 19.3 Å². The van der Waals surface area contributed by atoms with Gasteiger partial charge in [0, 0.05) is 25.1 Å². The number of carboxylic acid groups (broad SMARTS) is 1. The quantitative estimate of drug-likeness (QED) is 0.386. The van der Waals surface area contributed by atoms with Crippen LogP contribution in [0.1, 0.15) is 15.7 Å². The summed E-state index contributed by atoms with van der Waals surface area (Å²) in [5, 5.41) is 8.32. The molecule has 0 saturated carbocycles. The van der Waals surface area contributed by atoms with Crippen LogP contribution in [0.5, 0.6) is 0 Å². The second kappa shape index (κ2) is 8.50. The van der Waals surface area contributed by atoms with Crippen LogP contribution in [0.25, 0.3) is 0 Å². The summed E-state index contributed by atoms with van der Waals surface area (Å²) >= 11 is 0. The van der Waals surface area contributed by atoms with Crippen molar-refractivity contribution in [2.75, 3.05) is 6.54 Å². The van der Waals surface area contributed by atoms with Gasteiger partial charge in [-0.05, 0) is 6.42 Å². The van der Waals surface area contributed by atoms with Gasteiger partial charge in [0.1, 0.15) is 0 Å². The first-order chi connectivity index (χ1) is 6.11. The van der Waals surface area contributed by atoms with Crippen LogP contribution in [0, 0.1) is 0 Å². The van der Waals surface area contributed by atoms with Crippen molar-refractivity contribution in [2.24, 2.45) is 0 Å². The van der Waals surface area contributed by atoms with Crippen LogP contribution in [0.4, 0.5) is 0 Å². The van der Waals surface area contributed by atoms with Gasteiger partial charge in [-0.25, -0.2) is 0 Å². The summed E-state index contributed by atoms with van der Waals surface area (Å²) in [6.07, 6.45) is 2.64. The Kier molecular flexibility index (Phi) is 10.0. The molecule has 0 bridgehead atoms. The normalized spacial score (nSPS) is 13.5. The molecule has 15 heavy (non-hydrogen) atoms. The average Bonchev–Trinajstić information content (AvgIpc) is 2.34. The van der Waals surface area contributed by atoms with E-state index in [0.717, 1.165) is 4.90 Å². The summed E-state index contributed by atoms with van der Waals surface area (Å²) in [6, 6.07) is 0. The van der Waals surface area contributed by atoms with Gasteiger partial charge in [0.2, 0.25) is 0 Å². The van der Waals surface area contributed by atoms with Crippen molar-refractivity contribution in [2.45, 2.75) is 12.8 Å². The van der Waals surface area contributed by atoms with E-state index < -0.39 is 5.97 Å². The number of hydrogen-bond acceptors (Lipinski definition) is 3. The van der Waals surface area contributed by atoms with Crippen molar-refractivity contribution in [3.63, 3.8) is 0 Å². The molecule has 0 aromatic carbocycles. The molecule has 1 aliphatic rings. The molecule has 1 aliphatic heterocycles. The van der Waals surface area contributed by atoms with E-state index in [1.807, 2.05) is 0 Å². The molecule has 2 amide bonds. The van der Waals surface area contributed by atoms with Crippen molar-refractivity contribution in [3.8, 4) is 0 Å². The minimum Gasteiger partial charge on any atom is -1.00 e. The number of carbonyl (C=O) groups is 3. The fourth-order valence-electron chi connectivity index (χ4n) is 1.04. The summed E-state index contributed by atoms with van der Waals surface area (Å²) in [5.74, 6) is -1.65. The van der Waals surface area contributed by atoms with Gasteiger partial charge in [-0.15, -0.1) is 0 Å². The van der Waals surface area contributed by atoms with E-state index in [1.165, 1.54) is 12.2 Å². The third kappa shape index (κ3) is 5.85. The maximum absolute atomic E-state index is 10.9. The monoisotopic (exact) mass is 231 g/mol. The van der Waals surface area contributed by atoms with Gasteiger partial charge in [0.05, 0.1) is 0 Å². The fraction of sp³-hybridized carbons (Fsp3) is 0.375. The summed E-state index contributed by atoms with van der Waals surface area (Å²) < 4.78 is 0. The first-order valence-corrected chi connectivity index (χ1v) is 3.86. The Bertz CT molecular complexity index is 281. The molecule has 5 nitrogen and oxygen atoms in total. The number of carbonyl (C=O) groups excluding carboxylic acids is 2. The smallest absolute Gasteiger partial charge is 1.00 e. The van der Waals surface area contributed by atoms with Crippen LogP contribution in [0.15, 0.2) is 12.2 Å². The van der Waals surface area contributed by atoms with Crippen LogP contribution in [0.2, 0.25) is 0 Å². The van der Waals surface area contributed by atoms with Crippen molar-refractivity contribution in [1.29, 1.82) is 0 Å². The molecule has 0 aliphatic carbocycles. The minimum atomic E-state index is -0.924. The zero-order valence-corrected chi connectivity index (χ0v) is 12.9. The van der Waals surface area contributed by atoms with E-state index in [-0.39, 0.29) is 86.7 Å². The number of nitrogens with zero attached hydrogens (tertiary/aromatic N) is 1. The standard InChI is InChI=1S/C8H9NO4.2Na.2H/c10-6-3-4-7(11)9(6)5-1-2-8(12)13;;;;/h3-4H,1-2,5H2,(H,12,13);;;;/q;2*+1;2*-1. The largest absolute Gasteiger partial charge is 1.00 e. The summed E-state index contributed by atoms with van der Waals surface area (Å²) in [7, 11) is 0. The van der Waals surface area contributed by atoms with Crippen LogP contribution < -0.4 is 59.1 Å². The topological polar surface area (TPSA) is 74.7 Å². The molecule has 0 atom stereocenters. The SMILES string of the molecule is O=C(O)CCCN1C(=O)C=CC1=O.[H-].[H-].[Na+].[Na+]. The molecular formula is C8H11NNa2O4. The summed E-state index contributed by atoms with van der Waals surface area (Å²) in [5.41, 5.74) is 0. The average molecular weight is 231 g/mol. The van der Waals surface area contributed by atoms with E-state index in [0.29, 0.717) is 6.42 Å². The Balaban J connectivity index is -0.000000211. The third-order valence-corrected chi connectivity index (χ3v) is 1.67. The van der Waals surface area contributed by atoms with Gasteiger partial charge in [0.15, 0.2) is 0 Å². The van der Waals surface area contributed by atoms with Crippen molar-refractivity contribution in [3.05, 3.63) is 12.2 Å². The molecule has 7 heteroatoms. The van der Waals surface area contributed by atoms with Gasteiger partial charge >= 0.3 is 65.1 Å². The molecule has 0 aromatic heterocycles. The van der Waals surface area contributed by atoms with Crippen molar-refractivity contribution in [1.82, 2.24) is 4.90 Å². The molecule has 0 saturated heterocycles. The molecule has 74 valence electrons. The Morgan fingerprint density at radius 2 is 1.73 bits per heavy atom. The second-order valence-corrected chi connectivity index (χ2v) is 2.66. The van der Waals surface area contributed by atoms with Crippen LogP contribution in [-0.4, -0.2) is 34.3 Å². The first-order valence-electron chi connectivity index (χ1n) is 3.86. The van der Waals surface area contributed by atoms with Crippen molar-refractivity contribution >= 4 is 17.8 Å². The van der Waals surface area contributed by atoms with E-state index in [2.05, 4.69) is 0 Å². The van der Waals surface area contributed by atoms with Gasteiger partial charge in [-0.2, -0.15) is 0 Å². The number of carboxylic acids is 1. The zero-order valence-electron chi connectivity index (χ0n) is 10.9. The molecular weight excluding hydrogens is 220 g/mol. The van der Waals surface area contributed by atoms with Crippen LogP contribution in [-0.2, 0) is 14.4 Å². The molecule has 0 spiro atoms. The van der Waals surface area contributed by atoms with Gasteiger partial charge in [-0.1, -0.05) is 0 Å². The van der Waals surface area contributed by atoms with E-state index in [9.17, 15) is 14.4 Å². The van der Waals surface area contributed by atoms with E-state index >= 15 is 0 Å². The third-order valence-electron chi connectivity index (χ3n) is 1.67. The maximum atomic E-state index is 10.9. The fourth-order valence-corrected chi connectivity index (χ4v) is 1.04. The van der Waals surface area contributed by atoms with Crippen molar-refractivity contribution < 1.29 is 81.5 Å².